The van der Waals surface area contributed by atoms with Crippen LogP contribution in [0.15, 0.2) is 29.2 Å². The predicted molar refractivity (Wildman–Crippen MR) is 79.2 cm³/mol. The first-order valence-electron chi connectivity index (χ1n) is 5.90. The molecule has 19 heavy (non-hydrogen) atoms. The van der Waals surface area contributed by atoms with Crippen LogP contribution in [-0.4, -0.2) is 51.5 Å². The van der Waals surface area contributed by atoms with Crippen LogP contribution in [0.2, 0.25) is 0 Å². The lowest BCUT2D eigenvalue weighted by Gasteiger charge is -2.16. The van der Waals surface area contributed by atoms with Crippen molar-refractivity contribution >= 4 is 21.8 Å². The number of sulfonamides is 1. The fourth-order valence-electron chi connectivity index (χ4n) is 1.40. The van der Waals surface area contributed by atoms with Gasteiger partial charge in [0.25, 0.3) is 0 Å². The fourth-order valence-corrected chi connectivity index (χ4v) is 3.15. The van der Waals surface area contributed by atoms with E-state index in [1.807, 2.05) is 6.26 Å². The zero-order valence-corrected chi connectivity index (χ0v) is 12.8. The molecule has 0 radical (unpaired) electrons. The lowest BCUT2D eigenvalue weighted by molar-refractivity contribution is 0.328. The molecule has 1 aromatic rings. The quantitative estimate of drug-likeness (QED) is 0.776. The summed E-state index contributed by atoms with van der Waals surface area (Å²) in [4.78, 5) is 0.274. The van der Waals surface area contributed by atoms with Crippen LogP contribution in [0.25, 0.3) is 0 Å². The topological polar surface area (TPSA) is 72.6 Å². The Labute approximate surface area is 119 Å². The third-order valence-electron chi connectivity index (χ3n) is 2.53. The highest BCUT2D eigenvalue weighted by Gasteiger charge is 2.19. The number of benzene rings is 1. The van der Waals surface area contributed by atoms with Crippen molar-refractivity contribution in [1.29, 1.82) is 0 Å². The first-order valence-corrected chi connectivity index (χ1v) is 8.74. The standard InChI is InChI=1S/C12H20N2O3S2/c1-14(8-10-18-2)19(15,16)12-5-3-11(4-6-12)17-9-7-13/h3-6H,7-10,13H2,1-2H3. The summed E-state index contributed by atoms with van der Waals surface area (Å²) < 4.78 is 31.1. The van der Waals surface area contributed by atoms with Crippen LogP contribution < -0.4 is 10.5 Å². The molecule has 7 heteroatoms. The zero-order valence-electron chi connectivity index (χ0n) is 11.2. The maximum Gasteiger partial charge on any atom is 0.242 e. The summed E-state index contributed by atoms with van der Waals surface area (Å²) in [6.45, 7) is 1.34. The van der Waals surface area contributed by atoms with Gasteiger partial charge in [-0.2, -0.15) is 11.8 Å². The summed E-state index contributed by atoms with van der Waals surface area (Å²) >= 11 is 1.61. The van der Waals surface area contributed by atoms with E-state index in [2.05, 4.69) is 0 Å². The predicted octanol–water partition coefficient (Wildman–Crippen LogP) is 1.01. The molecule has 0 heterocycles. The molecule has 2 N–H and O–H groups in total. The van der Waals surface area contributed by atoms with E-state index < -0.39 is 10.0 Å². The van der Waals surface area contributed by atoms with E-state index in [1.54, 1.807) is 43.1 Å². The molecule has 108 valence electrons. The summed E-state index contributed by atoms with van der Waals surface area (Å²) in [6, 6.07) is 6.39. The average molecular weight is 304 g/mol. The monoisotopic (exact) mass is 304 g/mol. The summed E-state index contributed by atoms with van der Waals surface area (Å²) in [5.74, 6) is 1.39. The van der Waals surface area contributed by atoms with Crippen molar-refractivity contribution in [2.45, 2.75) is 4.90 Å². The summed E-state index contributed by atoms with van der Waals surface area (Å²) in [7, 11) is -1.82. The molecular weight excluding hydrogens is 284 g/mol. The minimum atomic E-state index is -3.41. The second kappa shape index (κ2) is 7.74. The number of ether oxygens (including phenoxy) is 1. The van der Waals surface area contributed by atoms with E-state index in [-0.39, 0.29) is 4.90 Å². The van der Waals surface area contributed by atoms with Gasteiger partial charge < -0.3 is 10.5 Å². The summed E-state index contributed by atoms with van der Waals surface area (Å²) in [5, 5.41) is 0. The number of thioether (sulfide) groups is 1. The van der Waals surface area contributed by atoms with Crippen LogP contribution in [-0.2, 0) is 10.0 Å². The molecule has 1 aromatic carbocycles. The third-order valence-corrected chi connectivity index (χ3v) is 4.99. The van der Waals surface area contributed by atoms with Gasteiger partial charge >= 0.3 is 0 Å². The molecule has 0 amide bonds. The van der Waals surface area contributed by atoms with Crippen molar-refractivity contribution in [3.8, 4) is 5.75 Å². The van der Waals surface area contributed by atoms with Crippen molar-refractivity contribution in [2.75, 3.05) is 38.8 Å². The Balaban J connectivity index is 2.78. The number of rotatable bonds is 8. The van der Waals surface area contributed by atoms with Gasteiger partial charge in [0.2, 0.25) is 10.0 Å². The molecule has 0 unspecified atom stereocenters. The Morgan fingerprint density at radius 2 is 1.95 bits per heavy atom. The molecule has 0 bridgehead atoms. The molecule has 0 aromatic heterocycles. The van der Waals surface area contributed by atoms with Crippen molar-refractivity contribution < 1.29 is 13.2 Å². The Hall–Kier alpha value is -0.760. The van der Waals surface area contributed by atoms with Gasteiger partial charge in [0, 0.05) is 25.9 Å². The molecule has 0 aliphatic rings. The maximum atomic E-state index is 12.2. The first kappa shape index (κ1) is 16.3. The third kappa shape index (κ3) is 4.68. The van der Waals surface area contributed by atoms with Gasteiger partial charge in [0.05, 0.1) is 4.90 Å². The molecule has 0 atom stereocenters. The normalized spacial score (nSPS) is 11.8. The smallest absolute Gasteiger partial charge is 0.242 e. The largest absolute Gasteiger partial charge is 0.492 e. The number of nitrogens with zero attached hydrogens (tertiary/aromatic N) is 1. The molecular formula is C12H20N2O3S2. The highest BCUT2D eigenvalue weighted by Crippen LogP contribution is 2.18. The van der Waals surface area contributed by atoms with Gasteiger partial charge in [-0.1, -0.05) is 0 Å². The summed E-state index contributed by atoms with van der Waals surface area (Å²) in [6.07, 6.45) is 1.95. The molecule has 0 fully saturated rings. The Bertz CT molecular complexity index is 474. The van der Waals surface area contributed by atoms with Crippen LogP contribution >= 0.6 is 11.8 Å². The van der Waals surface area contributed by atoms with Gasteiger partial charge in [0.1, 0.15) is 12.4 Å². The van der Waals surface area contributed by atoms with Crippen molar-refractivity contribution in [2.24, 2.45) is 5.73 Å². The van der Waals surface area contributed by atoms with E-state index in [1.165, 1.54) is 4.31 Å². The van der Waals surface area contributed by atoms with E-state index >= 15 is 0 Å². The molecule has 5 nitrogen and oxygen atoms in total. The zero-order chi connectivity index (χ0) is 14.3. The van der Waals surface area contributed by atoms with E-state index in [4.69, 9.17) is 10.5 Å². The molecule has 0 aliphatic carbocycles. The number of nitrogens with two attached hydrogens (primary N) is 1. The SMILES string of the molecule is CSCCN(C)S(=O)(=O)c1ccc(OCCN)cc1. The molecule has 1 rings (SSSR count). The van der Waals surface area contributed by atoms with Crippen LogP contribution in [0.4, 0.5) is 0 Å². The molecule has 0 saturated carbocycles. The maximum absolute atomic E-state index is 12.2. The van der Waals surface area contributed by atoms with Crippen molar-refractivity contribution in [1.82, 2.24) is 4.31 Å². The Morgan fingerprint density at radius 1 is 1.32 bits per heavy atom. The lowest BCUT2D eigenvalue weighted by Crippen LogP contribution is -2.29. The number of hydrogen-bond acceptors (Lipinski definition) is 5. The lowest BCUT2D eigenvalue weighted by atomic mass is 10.3. The highest BCUT2D eigenvalue weighted by atomic mass is 32.2. The van der Waals surface area contributed by atoms with Crippen LogP contribution in [0.5, 0.6) is 5.75 Å². The first-order chi connectivity index (χ1) is 9.02. The number of hydrogen-bond donors (Lipinski definition) is 1. The molecule has 0 saturated heterocycles. The minimum Gasteiger partial charge on any atom is -0.492 e. The van der Waals surface area contributed by atoms with Crippen molar-refractivity contribution in [3.63, 3.8) is 0 Å². The Kier molecular flexibility index (Phi) is 6.64. The van der Waals surface area contributed by atoms with E-state index in [9.17, 15) is 8.42 Å². The van der Waals surface area contributed by atoms with E-state index in [0.717, 1.165) is 5.75 Å². The van der Waals surface area contributed by atoms with Gasteiger partial charge in [0.15, 0.2) is 0 Å². The van der Waals surface area contributed by atoms with Crippen LogP contribution in [0.1, 0.15) is 0 Å². The second-order valence-electron chi connectivity index (χ2n) is 3.93. The Morgan fingerprint density at radius 3 is 2.47 bits per heavy atom. The average Bonchev–Trinajstić information content (AvgIpc) is 2.42. The van der Waals surface area contributed by atoms with Gasteiger partial charge in [-0.25, -0.2) is 12.7 Å². The minimum absolute atomic E-state index is 0.274. The van der Waals surface area contributed by atoms with Gasteiger partial charge in [-0.3, -0.25) is 0 Å². The molecule has 0 spiro atoms. The second-order valence-corrected chi connectivity index (χ2v) is 6.96. The van der Waals surface area contributed by atoms with Crippen LogP contribution in [0.3, 0.4) is 0 Å². The van der Waals surface area contributed by atoms with Gasteiger partial charge in [-0.15, -0.1) is 0 Å². The fraction of sp³-hybridized carbons (Fsp3) is 0.500. The summed E-state index contributed by atoms with van der Waals surface area (Å²) in [5.41, 5.74) is 5.33. The van der Waals surface area contributed by atoms with Gasteiger partial charge in [-0.05, 0) is 30.5 Å². The van der Waals surface area contributed by atoms with Crippen molar-refractivity contribution in [3.05, 3.63) is 24.3 Å². The van der Waals surface area contributed by atoms with E-state index in [0.29, 0.717) is 25.4 Å². The molecule has 0 aliphatic heterocycles. The highest BCUT2D eigenvalue weighted by molar-refractivity contribution is 7.98. The van der Waals surface area contributed by atoms with Crippen LogP contribution in [0, 0.1) is 0 Å².